The first-order chi connectivity index (χ1) is 20.5. The number of morpholine rings is 1. The quantitative estimate of drug-likeness (QED) is 0.285. The van der Waals surface area contributed by atoms with Crippen molar-refractivity contribution in [2.75, 3.05) is 36.5 Å². The van der Waals surface area contributed by atoms with Crippen molar-refractivity contribution in [2.24, 2.45) is 0 Å². The SMILES string of the molecule is O=C(NCc1ccncc1)N[C@H]1CC[C@H](Nc2nc(N3CCOCC3)cc(-n3c(C(F)F)nc4ccccc43)n2)CC1. The van der Waals surface area contributed by atoms with Gasteiger partial charge in [-0.05, 0) is 55.5 Å². The molecule has 0 atom stereocenters. The van der Waals surface area contributed by atoms with Crippen molar-refractivity contribution in [3.63, 3.8) is 0 Å². The number of nitrogens with zero attached hydrogens (tertiary/aromatic N) is 6. The maximum Gasteiger partial charge on any atom is 0.315 e. The molecule has 6 rings (SSSR count). The Morgan fingerprint density at radius 1 is 0.952 bits per heavy atom. The second-order valence-corrected chi connectivity index (χ2v) is 10.5. The van der Waals surface area contributed by atoms with Crippen molar-refractivity contribution in [3.8, 4) is 5.82 Å². The number of hydrogen-bond donors (Lipinski definition) is 3. The number of hydrogen-bond acceptors (Lipinski definition) is 8. The summed E-state index contributed by atoms with van der Waals surface area (Å²) in [5, 5.41) is 9.40. The summed E-state index contributed by atoms with van der Waals surface area (Å²) in [6.45, 7) is 2.84. The molecule has 1 saturated heterocycles. The van der Waals surface area contributed by atoms with E-state index >= 15 is 0 Å². The van der Waals surface area contributed by atoms with E-state index in [0.717, 1.165) is 31.2 Å². The molecule has 0 radical (unpaired) electrons. The highest BCUT2D eigenvalue weighted by Gasteiger charge is 2.26. The number of rotatable bonds is 8. The Kier molecular flexibility index (Phi) is 8.35. The fraction of sp³-hybridized carbons (Fsp3) is 0.414. The van der Waals surface area contributed by atoms with Gasteiger partial charge in [0.2, 0.25) is 5.95 Å². The smallest absolute Gasteiger partial charge is 0.315 e. The van der Waals surface area contributed by atoms with Crippen LogP contribution in [0.4, 0.5) is 25.3 Å². The molecule has 2 amide bonds. The van der Waals surface area contributed by atoms with Gasteiger partial charge in [0, 0.05) is 50.2 Å². The number of amides is 2. The largest absolute Gasteiger partial charge is 0.378 e. The van der Waals surface area contributed by atoms with Crippen LogP contribution in [0.5, 0.6) is 0 Å². The van der Waals surface area contributed by atoms with Crippen molar-refractivity contribution in [1.29, 1.82) is 0 Å². The topological polar surface area (TPSA) is 122 Å². The Bertz CT molecular complexity index is 1500. The molecule has 1 aromatic carbocycles. The number of halogens is 2. The Morgan fingerprint density at radius 2 is 1.67 bits per heavy atom. The van der Waals surface area contributed by atoms with Crippen LogP contribution >= 0.6 is 0 Å². The Morgan fingerprint density at radius 3 is 2.43 bits per heavy atom. The lowest BCUT2D eigenvalue weighted by atomic mass is 9.91. The molecule has 4 aromatic rings. The number of aromatic nitrogens is 5. The number of anilines is 2. The van der Waals surface area contributed by atoms with Gasteiger partial charge in [-0.3, -0.25) is 9.55 Å². The molecule has 0 spiro atoms. The standard InChI is InChI=1S/C29H33F2N9O2/c30-26(31)27-36-22-3-1-2-4-23(22)40(27)25-17-24(39-13-15-42-16-14-39)37-28(38-25)34-20-5-7-21(8-6-20)35-29(41)33-18-19-9-11-32-12-10-19/h1-4,9-12,17,20-21,26H,5-8,13-16,18H2,(H2,33,35,41)(H,34,37,38)/t20-,21-. The summed E-state index contributed by atoms with van der Waals surface area (Å²) in [6, 6.07) is 12.4. The summed E-state index contributed by atoms with van der Waals surface area (Å²) in [4.78, 5) is 32.2. The van der Waals surface area contributed by atoms with Crippen LogP contribution < -0.4 is 20.9 Å². The number of alkyl halides is 2. The highest BCUT2D eigenvalue weighted by molar-refractivity contribution is 5.78. The number of nitrogens with one attached hydrogen (secondary N) is 3. The third-order valence-corrected chi connectivity index (χ3v) is 7.64. The number of ether oxygens (including phenoxy) is 1. The van der Waals surface area contributed by atoms with Crippen molar-refractivity contribution in [2.45, 2.75) is 50.7 Å². The van der Waals surface area contributed by atoms with Crippen LogP contribution in [0, 0.1) is 0 Å². The summed E-state index contributed by atoms with van der Waals surface area (Å²) in [5.41, 5.74) is 2.01. The molecule has 42 heavy (non-hydrogen) atoms. The first-order valence-electron chi connectivity index (χ1n) is 14.2. The van der Waals surface area contributed by atoms with Gasteiger partial charge < -0.3 is 25.6 Å². The van der Waals surface area contributed by atoms with E-state index in [1.807, 2.05) is 12.1 Å². The number of para-hydroxylation sites is 2. The van der Waals surface area contributed by atoms with Crippen molar-refractivity contribution >= 4 is 28.8 Å². The zero-order valence-corrected chi connectivity index (χ0v) is 23.0. The molecule has 3 aromatic heterocycles. The number of carbonyl (C=O) groups excluding carboxylic acids is 1. The zero-order valence-electron chi connectivity index (χ0n) is 23.0. The average molecular weight is 578 g/mol. The van der Waals surface area contributed by atoms with Gasteiger partial charge in [-0.15, -0.1) is 0 Å². The molecular weight excluding hydrogens is 544 g/mol. The van der Waals surface area contributed by atoms with Gasteiger partial charge in [-0.25, -0.2) is 18.6 Å². The fourth-order valence-electron chi connectivity index (χ4n) is 5.47. The molecule has 1 aliphatic carbocycles. The maximum atomic E-state index is 14.1. The fourth-order valence-corrected chi connectivity index (χ4v) is 5.47. The van der Waals surface area contributed by atoms with E-state index in [1.165, 1.54) is 4.57 Å². The minimum atomic E-state index is -2.78. The second-order valence-electron chi connectivity index (χ2n) is 10.5. The lowest BCUT2D eigenvalue weighted by Gasteiger charge is -2.31. The van der Waals surface area contributed by atoms with E-state index in [9.17, 15) is 13.6 Å². The van der Waals surface area contributed by atoms with Crippen LogP contribution in [0.25, 0.3) is 16.9 Å². The number of urea groups is 1. The van der Waals surface area contributed by atoms with Gasteiger partial charge >= 0.3 is 6.03 Å². The van der Waals surface area contributed by atoms with Crippen molar-refractivity contribution in [3.05, 3.63) is 66.2 Å². The minimum Gasteiger partial charge on any atom is -0.378 e. The van der Waals surface area contributed by atoms with E-state index in [1.54, 1.807) is 42.7 Å². The molecular formula is C29H33F2N9O2. The van der Waals surface area contributed by atoms with Crippen LogP contribution in [0.2, 0.25) is 0 Å². The normalized spacial score (nSPS) is 19.2. The third kappa shape index (κ3) is 6.40. The van der Waals surface area contributed by atoms with Gasteiger partial charge in [0.1, 0.15) is 11.6 Å². The van der Waals surface area contributed by atoms with Gasteiger partial charge in [-0.2, -0.15) is 9.97 Å². The summed E-state index contributed by atoms with van der Waals surface area (Å²) in [5.74, 6) is 0.991. The van der Waals surface area contributed by atoms with Gasteiger partial charge in [0.15, 0.2) is 5.82 Å². The number of carbonyl (C=O) groups is 1. The van der Waals surface area contributed by atoms with Crippen LogP contribution in [-0.4, -0.2) is 68.9 Å². The van der Waals surface area contributed by atoms with Gasteiger partial charge in [0.25, 0.3) is 6.43 Å². The van der Waals surface area contributed by atoms with E-state index in [4.69, 9.17) is 14.7 Å². The average Bonchev–Trinajstić information content (AvgIpc) is 3.42. The van der Waals surface area contributed by atoms with Crippen LogP contribution in [0.3, 0.4) is 0 Å². The van der Waals surface area contributed by atoms with E-state index in [2.05, 4.69) is 30.8 Å². The van der Waals surface area contributed by atoms with Crippen LogP contribution in [0.15, 0.2) is 54.9 Å². The molecule has 2 fully saturated rings. The lowest BCUT2D eigenvalue weighted by Crippen LogP contribution is -2.44. The number of pyridine rings is 1. The van der Waals surface area contributed by atoms with E-state index in [0.29, 0.717) is 61.5 Å². The molecule has 4 heterocycles. The summed E-state index contributed by atoms with van der Waals surface area (Å²) < 4.78 is 35.2. The van der Waals surface area contributed by atoms with Crippen LogP contribution in [0.1, 0.15) is 43.5 Å². The first kappa shape index (κ1) is 27.8. The molecule has 0 unspecified atom stereocenters. The second kappa shape index (κ2) is 12.6. The predicted molar refractivity (Wildman–Crippen MR) is 154 cm³/mol. The highest BCUT2D eigenvalue weighted by Crippen LogP contribution is 2.30. The van der Waals surface area contributed by atoms with Gasteiger partial charge in [-0.1, -0.05) is 12.1 Å². The summed E-state index contributed by atoms with van der Waals surface area (Å²) in [7, 11) is 0. The Hall–Kier alpha value is -4.39. The summed E-state index contributed by atoms with van der Waals surface area (Å²) >= 11 is 0. The molecule has 2 aliphatic rings. The monoisotopic (exact) mass is 577 g/mol. The molecule has 1 saturated carbocycles. The molecule has 13 heteroatoms. The number of imidazole rings is 1. The zero-order chi connectivity index (χ0) is 28.9. The Balaban J connectivity index is 1.17. The van der Waals surface area contributed by atoms with E-state index in [-0.39, 0.29) is 23.9 Å². The number of fused-ring (bicyclic) bond motifs is 1. The lowest BCUT2D eigenvalue weighted by molar-refractivity contribution is 0.122. The van der Waals surface area contributed by atoms with Crippen molar-refractivity contribution in [1.82, 2.24) is 35.1 Å². The van der Waals surface area contributed by atoms with Crippen molar-refractivity contribution < 1.29 is 18.3 Å². The maximum absolute atomic E-state index is 14.1. The molecule has 1 aliphatic heterocycles. The summed E-state index contributed by atoms with van der Waals surface area (Å²) in [6.07, 6.45) is 3.79. The molecule has 0 bridgehead atoms. The molecule has 220 valence electrons. The predicted octanol–water partition coefficient (Wildman–Crippen LogP) is 4.21. The Labute approximate surface area is 241 Å². The minimum absolute atomic E-state index is 0.0579. The highest BCUT2D eigenvalue weighted by atomic mass is 19.3. The first-order valence-corrected chi connectivity index (χ1v) is 14.2. The number of benzene rings is 1. The van der Waals surface area contributed by atoms with Crippen LogP contribution in [-0.2, 0) is 11.3 Å². The molecule has 3 N–H and O–H groups in total. The van der Waals surface area contributed by atoms with E-state index < -0.39 is 6.43 Å². The third-order valence-electron chi connectivity index (χ3n) is 7.64. The van der Waals surface area contributed by atoms with Gasteiger partial charge in [0.05, 0.1) is 24.2 Å². The molecule has 11 nitrogen and oxygen atoms in total.